The summed E-state index contributed by atoms with van der Waals surface area (Å²) in [5.41, 5.74) is 2.69. The molecule has 32 heavy (non-hydrogen) atoms. The average molecular weight is 460 g/mol. The average Bonchev–Trinajstić information content (AvgIpc) is 2.77. The van der Waals surface area contributed by atoms with Gasteiger partial charge in [0.2, 0.25) is 21.8 Å². The molecule has 0 radical (unpaired) electrons. The molecule has 2 amide bonds. The summed E-state index contributed by atoms with van der Waals surface area (Å²) in [6.45, 7) is 4.24. The second-order valence-electron chi connectivity index (χ2n) is 7.89. The van der Waals surface area contributed by atoms with E-state index >= 15 is 0 Å². The van der Waals surface area contributed by atoms with Crippen LogP contribution in [0.1, 0.15) is 30.9 Å². The Balaban J connectivity index is 2.06. The summed E-state index contributed by atoms with van der Waals surface area (Å²) in [4.78, 5) is 26.8. The summed E-state index contributed by atoms with van der Waals surface area (Å²) in [5.74, 6) is -0.404. The smallest absolute Gasteiger partial charge is 0.242 e. The zero-order chi connectivity index (χ0) is 23.7. The van der Waals surface area contributed by atoms with E-state index in [1.807, 2.05) is 49.4 Å². The lowest BCUT2D eigenvalue weighted by molar-refractivity contribution is -0.139. The molecule has 0 aliphatic carbocycles. The molecule has 2 aromatic carbocycles. The lowest BCUT2D eigenvalue weighted by atomic mass is 10.1. The number of rotatable bonds is 11. The Morgan fingerprint density at radius 2 is 1.62 bits per heavy atom. The maximum Gasteiger partial charge on any atom is 0.242 e. The van der Waals surface area contributed by atoms with Crippen LogP contribution in [-0.4, -0.2) is 57.6 Å². The SMILES string of the molecule is CNC(=O)C(C)N(CCc1ccccc1)C(=O)CCCN(c1ccc(C)cc1)S(C)(=O)=O. The number of nitrogens with one attached hydrogen (secondary N) is 1. The third-order valence-electron chi connectivity index (χ3n) is 5.37. The molecule has 0 heterocycles. The quantitative estimate of drug-likeness (QED) is 0.560. The molecule has 0 saturated heterocycles. The number of sulfonamides is 1. The molecule has 8 heteroatoms. The molecule has 0 aromatic heterocycles. The molecule has 0 spiro atoms. The van der Waals surface area contributed by atoms with Crippen LogP contribution in [0.25, 0.3) is 0 Å². The molecule has 1 atom stereocenters. The van der Waals surface area contributed by atoms with Crippen molar-refractivity contribution in [1.29, 1.82) is 0 Å². The van der Waals surface area contributed by atoms with E-state index in [9.17, 15) is 18.0 Å². The summed E-state index contributed by atoms with van der Waals surface area (Å²) in [7, 11) is -1.94. The van der Waals surface area contributed by atoms with Crippen LogP contribution in [0.15, 0.2) is 54.6 Å². The van der Waals surface area contributed by atoms with E-state index in [1.54, 1.807) is 31.0 Å². The molecule has 2 aromatic rings. The van der Waals surface area contributed by atoms with E-state index in [1.165, 1.54) is 4.31 Å². The largest absolute Gasteiger partial charge is 0.357 e. The van der Waals surface area contributed by atoms with Crippen molar-refractivity contribution in [3.8, 4) is 0 Å². The Labute approximate surface area is 191 Å². The fraction of sp³-hybridized carbons (Fsp3) is 0.417. The molecule has 7 nitrogen and oxygen atoms in total. The Morgan fingerprint density at radius 3 is 2.19 bits per heavy atom. The van der Waals surface area contributed by atoms with Gasteiger partial charge in [-0.15, -0.1) is 0 Å². The van der Waals surface area contributed by atoms with Gasteiger partial charge in [0.25, 0.3) is 0 Å². The maximum absolute atomic E-state index is 13.0. The highest BCUT2D eigenvalue weighted by atomic mass is 32.2. The van der Waals surface area contributed by atoms with E-state index in [0.717, 1.165) is 17.4 Å². The van der Waals surface area contributed by atoms with Gasteiger partial charge in [0.05, 0.1) is 11.9 Å². The van der Waals surface area contributed by atoms with Crippen molar-refractivity contribution in [2.45, 2.75) is 39.2 Å². The molecule has 0 saturated carbocycles. The number of aryl methyl sites for hydroxylation is 1. The first-order valence-corrected chi connectivity index (χ1v) is 12.6. The van der Waals surface area contributed by atoms with Gasteiger partial charge in [0.1, 0.15) is 6.04 Å². The van der Waals surface area contributed by atoms with Crippen LogP contribution in [0, 0.1) is 6.92 Å². The number of carbonyl (C=O) groups is 2. The molecule has 0 aliphatic rings. The number of hydrogen-bond acceptors (Lipinski definition) is 4. The van der Waals surface area contributed by atoms with Crippen LogP contribution in [0.3, 0.4) is 0 Å². The van der Waals surface area contributed by atoms with Crippen LogP contribution < -0.4 is 9.62 Å². The van der Waals surface area contributed by atoms with Crippen LogP contribution in [0.5, 0.6) is 0 Å². The van der Waals surface area contributed by atoms with E-state index in [4.69, 9.17) is 0 Å². The molecule has 2 rings (SSSR count). The molecule has 174 valence electrons. The predicted octanol–water partition coefficient (Wildman–Crippen LogP) is 2.75. The molecular formula is C24H33N3O4S. The summed E-state index contributed by atoms with van der Waals surface area (Å²) in [5, 5.41) is 2.60. The standard InChI is InChI=1S/C24H33N3O4S/c1-19-12-14-22(15-13-19)27(32(4,30)31)17-8-11-23(28)26(20(2)24(29)25-3)18-16-21-9-6-5-7-10-21/h5-7,9-10,12-15,20H,8,11,16-18H2,1-4H3,(H,25,29). The third kappa shape index (κ3) is 7.37. The van der Waals surface area contributed by atoms with Gasteiger partial charge in [-0.1, -0.05) is 48.0 Å². The van der Waals surface area contributed by atoms with Gasteiger partial charge in [0, 0.05) is 26.6 Å². The zero-order valence-corrected chi connectivity index (χ0v) is 20.1. The Morgan fingerprint density at radius 1 is 1.00 bits per heavy atom. The highest BCUT2D eigenvalue weighted by Crippen LogP contribution is 2.19. The molecule has 0 bridgehead atoms. The first-order valence-electron chi connectivity index (χ1n) is 10.7. The summed E-state index contributed by atoms with van der Waals surface area (Å²) in [6, 6.07) is 16.4. The van der Waals surface area contributed by atoms with E-state index in [0.29, 0.717) is 25.1 Å². The molecular weight excluding hydrogens is 426 g/mol. The van der Waals surface area contributed by atoms with E-state index in [2.05, 4.69) is 5.32 Å². The summed E-state index contributed by atoms with van der Waals surface area (Å²) < 4.78 is 25.9. The van der Waals surface area contributed by atoms with Crippen molar-refractivity contribution in [2.24, 2.45) is 0 Å². The highest BCUT2D eigenvalue weighted by molar-refractivity contribution is 7.92. The van der Waals surface area contributed by atoms with Crippen molar-refractivity contribution in [1.82, 2.24) is 10.2 Å². The van der Waals surface area contributed by atoms with Gasteiger partial charge in [0.15, 0.2) is 0 Å². The van der Waals surface area contributed by atoms with Crippen molar-refractivity contribution in [2.75, 3.05) is 30.7 Å². The minimum atomic E-state index is -3.48. The Kier molecular flexibility index (Phi) is 9.26. The van der Waals surface area contributed by atoms with Gasteiger partial charge in [-0.05, 0) is 44.4 Å². The monoisotopic (exact) mass is 459 g/mol. The van der Waals surface area contributed by atoms with Gasteiger partial charge in [-0.2, -0.15) is 0 Å². The molecule has 1 N–H and O–H groups in total. The number of hydrogen-bond donors (Lipinski definition) is 1. The van der Waals surface area contributed by atoms with Crippen LogP contribution >= 0.6 is 0 Å². The second-order valence-corrected chi connectivity index (χ2v) is 9.79. The lowest BCUT2D eigenvalue weighted by Gasteiger charge is -2.29. The number of likely N-dealkylation sites (N-methyl/N-ethyl adjacent to an activating group) is 1. The normalized spacial score (nSPS) is 12.1. The minimum absolute atomic E-state index is 0.147. The van der Waals surface area contributed by atoms with Crippen LogP contribution in [0.2, 0.25) is 0 Å². The Bertz CT molecular complexity index is 992. The van der Waals surface area contributed by atoms with Crippen LogP contribution in [0.4, 0.5) is 5.69 Å². The van der Waals surface area contributed by atoms with Crippen molar-refractivity contribution < 1.29 is 18.0 Å². The summed E-state index contributed by atoms with van der Waals surface area (Å²) >= 11 is 0. The lowest BCUT2D eigenvalue weighted by Crippen LogP contribution is -2.48. The fourth-order valence-electron chi connectivity index (χ4n) is 3.49. The van der Waals surface area contributed by atoms with Crippen molar-refractivity contribution >= 4 is 27.5 Å². The Hall–Kier alpha value is -2.87. The zero-order valence-electron chi connectivity index (χ0n) is 19.2. The van der Waals surface area contributed by atoms with Gasteiger partial charge >= 0.3 is 0 Å². The molecule has 1 unspecified atom stereocenters. The highest BCUT2D eigenvalue weighted by Gasteiger charge is 2.25. The third-order valence-corrected chi connectivity index (χ3v) is 6.57. The predicted molar refractivity (Wildman–Crippen MR) is 128 cm³/mol. The van der Waals surface area contributed by atoms with E-state index in [-0.39, 0.29) is 24.8 Å². The number of amides is 2. The fourth-order valence-corrected chi connectivity index (χ4v) is 4.46. The number of anilines is 1. The first-order chi connectivity index (χ1) is 15.1. The number of benzene rings is 2. The van der Waals surface area contributed by atoms with Gasteiger partial charge in [-0.25, -0.2) is 8.42 Å². The first kappa shape index (κ1) is 25.4. The number of carbonyl (C=O) groups excluding carboxylic acids is 2. The van der Waals surface area contributed by atoms with Crippen molar-refractivity contribution in [3.05, 3.63) is 65.7 Å². The van der Waals surface area contributed by atoms with Crippen molar-refractivity contribution in [3.63, 3.8) is 0 Å². The minimum Gasteiger partial charge on any atom is -0.357 e. The second kappa shape index (κ2) is 11.7. The van der Waals surface area contributed by atoms with Gasteiger partial charge < -0.3 is 10.2 Å². The maximum atomic E-state index is 13.0. The molecule has 0 fully saturated rings. The molecule has 0 aliphatic heterocycles. The van der Waals surface area contributed by atoms with Gasteiger partial charge in [-0.3, -0.25) is 13.9 Å². The topological polar surface area (TPSA) is 86.8 Å². The van der Waals surface area contributed by atoms with Crippen LogP contribution in [-0.2, 0) is 26.0 Å². The van der Waals surface area contributed by atoms with E-state index < -0.39 is 16.1 Å². The number of nitrogens with zero attached hydrogens (tertiary/aromatic N) is 2. The summed E-state index contributed by atoms with van der Waals surface area (Å²) in [6.07, 6.45) is 2.29.